The Hall–Kier alpha value is -1.80. The molecule has 0 saturated carbocycles. The lowest BCUT2D eigenvalue weighted by Crippen LogP contribution is -1.90. The van der Waals surface area contributed by atoms with Gasteiger partial charge in [-0.15, -0.1) is 0 Å². The summed E-state index contributed by atoms with van der Waals surface area (Å²) in [6.07, 6.45) is 2.04. The largest absolute Gasteiger partial charge is 0.295 e. The first-order chi connectivity index (χ1) is 8.75. The molecular formula is C16H14OS. The van der Waals surface area contributed by atoms with Gasteiger partial charge in [0.15, 0.2) is 5.78 Å². The van der Waals surface area contributed by atoms with Crippen LogP contribution in [0, 0.1) is 0 Å². The highest BCUT2D eigenvalue weighted by Gasteiger charge is 1.96. The lowest BCUT2D eigenvalue weighted by atomic mass is 10.1. The van der Waals surface area contributed by atoms with Crippen molar-refractivity contribution in [3.05, 3.63) is 71.1 Å². The summed E-state index contributed by atoms with van der Waals surface area (Å²) in [4.78, 5) is 12.4. The monoisotopic (exact) mass is 254 g/mol. The van der Waals surface area contributed by atoms with Crippen molar-refractivity contribution in [1.29, 1.82) is 0 Å². The van der Waals surface area contributed by atoms with Gasteiger partial charge in [-0.3, -0.25) is 4.79 Å². The predicted octanol–water partition coefficient (Wildman–Crippen LogP) is 4.65. The van der Waals surface area contributed by atoms with Crippen LogP contribution in [0.3, 0.4) is 0 Å². The van der Waals surface area contributed by atoms with E-state index in [0.717, 1.165) is 11.1 Å². The number of Topliss-reactive ketones (excluding diaryl/α,β-unsaturated/α-hetero) is 1. The topological polar surface area (TPSA) is 17.1 Å². The molecule has 0 aliphatic rings. The number of carbonyl (C=O) groups is 1. The van der Waals surface area contributed by atoms with Crippen molar-refractivity contribution in [2.75, 3.05) is 0 Å². The lowest BCUT2D eigenvalue weighted by Gasteiger charge is -1.97. The maximum Gasteiger partial charge on any atom is 0.159 e. The highest BCUT2D eigenvalue weighted by molar-refractivity contribution is 8.02. The molecule has 2 rings (SSSR count). The third kappa shape index (κ3) is 3.60. The minimum absolute atomic E-state index is 0.101. The van der Waals surface area contributed by atoms with Crippen LogP contribution < -0.4 is 0 Å². The molecule has 0 aromatic heterocycles. The van der Waals surface area contributed by atoms with Gasteiger partial charge in [0, 0.05) is 10.5 Å². The highest BCUT2D eigenvalue weighted by atomic mass is 32.2. The van der Waals surface area contributed by atoms with Crippen molar-refractivity contribution in [1.82, 2.24) is 0 Å². The van der Waals surface area contributed by atoms with Crippen molar-refractivity contribution < 1.29 is 4.79 Å². The van der Waals surface area contributed by atoms with Crippen LogP contribution in [-0.4, -0.2) is 5.78 Å². The summed E-state index contributed by atoms with van der Waals surface area (Å²) < 4.78 is 0. The van der Waals surface area contributed by atoms with Gasteiger partial charge in [0.2, 0.25) is 0 Å². The minimum atomic E-state index is 0.101. The van der Waals surface area contributed by atoms with E-state index in [2.05, 4.69) is 17.5 Å². The molecule has 0 fully saturated rings. The zero-order chi connectivity index (χ0) is 12.8. The molecule has 0 saturated heterocycles. The van der Waals surface area contributed by atoms with Crippen LogP contribution in [0.15, 0.2) is 64.9 Å². The Balaban J connectivity index is 1.99. The van der Waals surface area contributed by atoms with Crippen LogP contribution in [0.25, 0.3) is 6.08 Å². The van der Waals surface area contributed by atoms with Gasteiger partial charge in [0.1, 0.15) is 0 Å². The van der Waals surface area contributed by atoms with E-state index in [1.165, 1.54) is 4.90 Å². The number of hydrogen-bond donors (Lipinski definition) is 0. The molecule has 2 aromatic rings. The van der Waals surface area contributed by atoms with E-state index in [0.29, 0.717) is 0 Å². The van der Waals surface area contributed by atoms with Crippen LogP contribution in [0.5, 0.6) is 0 Å². The van der Waals surface area contributed by atoms with E-state index < -0.39 is 0 Å². The maximum absolute atomic E-state index is 11.1. The Morgan fingerprint density at radius 1 is 1.00 bits per heavy atom. The third-order valence-corrected chi connectivity index (χ3v) is 3.34. The normalized spacial score (nSPS) is 10.7. The quantitative estimate of drug-likeness (QED) is 0.583. The van der Waals surface area contributed by atoms with Gasteiger partial charge in [-0.2, -0.15) is 0 Å². The number of thioether (sulfide) groups is 1. The molecule has 0 atom stereocenters. The summed E-state index contributed by atoms with van der Waals surface area (Å²) in [5.41, 5.74) is 1.85. The third-order valence-electron chi connectivity index (χ3n) is 2.53. The average molecular weight is 254 g/mol. The molecule has 0 bridgehead atoms. The lowest BCUT2D eigenvalue weighted by molar-refractivity contribution is 0.101. The summed E-state index contributed by atoms with van der Waals surface area (Å²) in [6, 6.07) is 17.8. The smallest absolute Gasteiger partial charge is 0.159 e. The van der Waals surface area contributed by atoms with Crippen LogP contribution in [0.1, 0.15) is 22.8 Å². The number of hydrogen-bond acceptors (Lipinski definition) is 2. The minimum Gasteiger partial charge on any atom is -0.295 e. The fraction of sp³-hybridized carbons (Fsp3) is 0.0625. The molecule has 0 spiro atoms. The van der Waals surface area contributed by atoms with E-state index in [9.17, 15) is 4.79 Å². The molecule has 0 heterocycles. The van der Waals surface area contributed by atoms with Gasteiger partial charge >= 0.3 is 0 Å². The fourth-order valence-corrected chi connectivity index (χ4v) is 2.22. The van der Waals surface area contributed by atoms with Crippen LogP contribution >= 0.6 is 11.8 Å². The highest BCUT2D eigenvalue weighted by Crippen LogP contribution is 2.19. The van der Waals surface area contributed by atoms with Crippen molar-refractivity contribution in [3.63, 3.8) is 0 Å². The van der Waals surface area contributed by atoms with Crippen molar-refractivity contribution in [2.24, 2.45) is 0 Å². The van der Waals surface area contributed by atoms with Crippen LogP contribution in [-0.2, 0) is 0 Å². The van der Waals surface area contributed by atoms with E-state index >= 15 is 0 Å². The van der Waals surface area contributed by atoms with Gasteiger partial charge in [-0.1, -0.05) is 54.2 Å². The zero-order valence-electron chi connectivity index (χ0n) is 10.2. The molecule has 0 aliphatic carbocycles. The van der Waals surface area contributed by atoms with Gasteiger partial charge in [0.05, 0.1) is 0 Å². The molecule has 0 aliphatic heterocycles. The summed E-state index contributed by atoms with van der Waals surface area (Å²) >= 11 is 1.68. The Bertz CT molecular complexity index is 541. The fourth-order valence-electron chi connectivity index (χ4n) is 1.52. The molecular weight excluding hydrogens is 240 g/mol. The molecule has 2 aromatic carbocycles. The van der Waals surface area contributed by atoms with Crippen molar-refractivity contribution in [2.45, 2.75) is 11.8 Å². The van der Waals surface area contributed by atoms with E-state index in [1.54, 1.807) is 18.7 Å². The number of benzene rings is 2. The first-order valence-corrected chi connectivity index (χ1v) is 6.63. The van der Waals surface area contributed by atoms with Crippen LogP contribution in [0.2, 0.25) is 0 Å². The number of carbonyl (C=O) groups excluding carboxylic acids is 1. The second kappa shape index (κ2) is 6.22. The second-order valence-corrected chi connectivity index (χ2v) is 4.89. The first kappa shape index (κ1) is 12.7. The van der Waals surface area contributed by atoms with Gasteiger partial charge in [-0.05, 0) is 36.1 Å². The average Bonchev–Trinajstić information content (AvgIpc) is 2.40. The molecule has 0 radical (unpaired) electrons. The zero-order valence-corrected chi connectivity index (χ0v) is 11.0. The molecule has 0 unspecified atom stereocenters. The molecule has 0 amide bonds. The van der Waals surface area contributed by atoms with Crippen LogP contribution in [0.4, 0.5) is 0 Å². The van der Waals surface area contributed by atoms with Gasteiger partial charge in [-0.25, -0.2) is 0 Å². The van der Waals surface area contributed by atoms with E-state index in [1.807, 2.05) is 48.5 Å². The summed E-state index contributed by atoms with van der Waals surface area (Å²) in [5.74, 6) is 0.101. The van der Waals surface area contributed by atoms with Crippen molar-refractivity contribution in [3.8, 4) is 0 Å². The number of ketones is 1. The first-order valence-electron chi connectivity index (χ1n) is 5.75. The second-order valence-electron chi connectivity index (χ2n) is 3.91. The Labute approximate surface area is 112 Å². The molecule has 18 heavy (non-hydrogen) atoms. The maximum atomic E-state index is 11.1. The van der Waals surface area contributed by atoms with E-state index in [-0.39, 0.29) is 5.78 Å². The predicted molar refractivity (Wildman–Crippen MR) is 77.8 cm³/mol. The molecule has 2 heteroatoms. The Morgan fingerprint density at radius 2 is 1.67 bits per heavy atom. The van der Waals surface area contributed by atoms with Crippen molar-refractivity contribution >= 4 is 23.6 Å². The van der Waals surface area contributed by atoms with Gasteiger partial charge in [0.25, 0.3) is 0 Å². The molecule has 0 N–H and O–H groups in total. The Kier molecular flexibility index (Phi) is 4.37. The summed E-state index contributed by atoms with van der Waals surface area (Å²) in [5, 5.41) is 2.05. The standard InChI is InChI=1S/C16H14OS/c1-13(17)15-9-7-14(8-10-15)11-12-18-16-5-3-2-4-6-16/h2-12H,1H3/b12-11+. The SMILES string of the molecule is CC(=O)c1ccc(/C=C/Sc2ccccc2)cc1. The molecule has 1 nitrogen and oxygen atoms in total. The van der Waals surface area contributed by atoms with Gasteiger partial charge < -0.3 is 0 Å². The summed E-state index contributed by atoms with van der Waals surface area (Å²) in [6.45, 7) is 1.58. The molecule has 90 valence electrons. The summed E-state index contributed by atoms with van der Waals surface area (Å²) in [7, 11) is 0. The Morgan fingerprint density at radius 3 is 2.28 bits per heavy atom. The number of rotatable bonds is 4. The van der Waals surface area contributed by atoms with E-state index in [4.69, 9.17) is 0 Å².